The van der Waals surface area contributed by atoms with Crippen molar-refractivity contribution in [3.63, 3.8) is 0 Å². The molecular formula is C10H18N2O. The molecule has 0 radical (unpaired) electrons. The molecule has 0 unspecified atom stereocenters. The van der Waals surface area contributed by atoms with Crippen molar-refractivity contribution >= 4 is 5.91 Å². The molecule has 0 bridgehead atoms. The van der Waals surface area contributed by atoms with Crippen LogP contribution in [0.1, 0.15) is 32.1 Å². The first kappa shape index (κ1) is 9.00. The maximum absolute atomic E-state index is 11.8. The Bertz CT molecular complexity index is 195. The Morgan fingerprint density at radius 1 is 1.31 bits per heavy atom. The molecule has 0 aromatic carbocycles. The van der Waals surface area contributed by atoms with E-state index in [1.807, 2.05) is 11.9 Å². The fourth-order valence-electron chi connectivity index (χ4n) is 1.95. The number of nitrogens with one attached hydrogen (secondary N) is 1. The quantitative estimate of drug-likeness (QED) is 0.683. The van der Waals surface area contributed by atoms with E-state index in [1.54, 1.807) is 0 Å². The second-order valence-electron chi connectivity index (χ2n) is 4.18. The lowest BCUT2D eigenvalue weighted by molar-refractivity contribution is -0.133. The highest BCUT2D eigenvalue weighted by Crippen LogP contribution is 2.26. The Hall–Kier alpha value is -0.570. The van der Waals surface area contributed by atoms with Crippen molar-refractivity contribution in [2.75, 3.05) is 13.6 Å². The molecule has 2 fully saturated rings. The van der Waals surface area contributed by atoms with Crippen LogP contribution in [0.4, 0.5) is 0 Å². The van der Waals surface area contributed by atoms with Crippen molar-refractivity contribution in [2.24, 2.45) is 0 Å². The Morgan fingerprint density at radius 3 is 2.62 bits per heavy atom. The lowest BCUT2D eigenvalue weighted by Gasteiger charge is -2.27. The van der Waals surface area contributed by atoms with E-state index in [-0.39, 0.29) is 6.04 Å². The normalized spacial score (nSPS) is 28.5. The summed E-state index contributed by atoms with van der Waals surface area (Å²) in [6, 6.07) is 0.663. The van der Waals surface area contributed by atoms with Crippen LogP contribution >= 0.6 is 0 Å². The second kappa shape index (κ2) is 3.66. The van der Waals surface area contributed by atoms with Gasteiger partial charge in [0.25, 0.3) is 0 Å². The van der Waals surface area contributed by atoms with Crippen LogP contribution < -0.4 is 5.32 Å². The number of amides is 1. The van der Waals surface area contributed by atoms with Gasteiger partial charge in [-0.15, -0.1) is 0 Å². The Kier molecular flexibility index (Phi) is 2.54. The molecule has 1 aliphatic heterocycles. The highest BCUT2D eigenvalue weighted by molar-refractivity contribution is 5.82. The minimum Gasteiger partial charge on any atom is -0.341 e. The molecule has 2 aliphatic rings. The molecule has 1 N–H and O–H groups in total. The van der Waals surface area contributed by atoms with Gasteiger partial charge in [-0.2, -0.15) is 0 Å². The van der Waals surface area contributed by atoms with Crippen LogP contribution in [0.2, 0.25) is 0 Å². The molecule has 1 amide bonds. The average Bonchev–Trinajstić information content (AvgIpc) is 3.00. The minimum absolute atomic E-state index is 0.111. The Labute approximate surface area is 79.5 Å². The number of carbonyl (C=O) groups excluding carboxylic acids is 1. The van der Waals surface area contributed by atoms with E-state index in [0.717, 1.165) is 13.0 Å². The number of hydrogen-bond acceptors (Lipinski definition) is 2. The summed E-state index contributed by atoms with van der Waals surface area (Å²) in [6.07, 6.45) is 5.85. The molecule has 13 heavy (non-hydrogen) atoms. The summed E-state index contributed by atoms with van der Waals surface area (Å²) >= 11 is 0. The molecule has 1 aliphatic carbocycles. The van der Waals surface area contributed by atoms with Gasteiger partial charge in [-0.05, 0) is 32.2 Å². The van der Waals surface area contributed by atoms with Crippen molar-refractivity contribution in [1.29, 1.82) is 0 Å². The summed E-state index contributed by atoms with van der Waals surface area (Å²) < 4.78 is 0. The van der Waals surface area contributed by atoms with E-state index < -0.39 is 0 Å². The fourth-order valence-corrected chi connectivity index (χ4v) is 1.95. The summed E-state index contributed by atoms with van der Waals surface area (Å²) in [5.74, 6) is 0.308. The van der Waals surface area contributed by atoms with Crippen molar-refractivity contribution in [2.45, 2.75) is 44.2 Å². The third-order valence-corrected chi connectivity index (χ3v) is 3.05. The van der Waals surface area contributed by atoms with Crippen molar-refractivity contribution in [1.82, 2.24) is 10.2 Å². The minimum atomic E-state index is 0.111. The standard InChI is InChI=1S/C10H18N2O/c1-12(8-5-6-8)10(13)9-4-2-3-7-11-9/h8-9,11H,2-7H2,1H3/t9-/m0/s1. The summed E-state index contributed by atoms with van der Waals surface area (Å²) in [5.41, 5.74) is 0. The Morgan fingerprint density at radius 2 is 2.08 bits per heavy atom. The molecule has 0 aromatic rings. The molecule has 3 heteroatoms. The number of carbonyl (C=O) groups is 1. The van der Waals surface area contributed by atoms with Crippen LogP contribution in [0.15, 0.2) is 0 Å². The molecule has 0 aromatic heterocycles. The van der Waals surface area contributed by atoms with Crippen molar-refractivity contribution in [3.05, 3.63) is 0 Å². The zero-order valence-electron chi connectivity index (χ0n) is 8.25. The topological polar surface area (TPSA) is 32.3 Å². The monoisotopic (exact) mass is 182 g/mol. The number of rotatable bonds is 2. The van der Waals surface area contributed by atoms with E-state index in [4.69, 9.17) is 0 Å². The predicted octanol–water partition coefficient (Wildman–Crippen LogP) is 0.749. The first-order valence-electron chi connectivity index (χ1n) is 5.29. The smallest absolute Gasteiger partial charge is 0.239 e. The number of hydrogen-bond donors (Lipinski definition) is 1. The van der Waals surface area contributed by atoms with Gasteiger partial charge in [0.1, 0.15) is 0 Å². The van der Waals surface area contributed by atoms with Gasteiger partial charge >= 0.3 is 0 Å². The second-order valence-corrected chi connectivity index (χ2v) is 4.18. The van der Waals surface area contributed by atoms with E-state index >= 15 is 0 Å². The average molecular weight is 182 g/mol. The predicted molar refractivity (Wildman–Crippen MR) is 51.4 cm³/mol. The molecule has 0 spiro atoms. The van der Waals surface area contributed by atoms with E-state index in [1.165, 1.54) is 25.7 Å². The fraction of sp³-hybridized carbons (Fsp3) is 0.900. The van der Waals surface area contributed by atoms with Gasteiger partial charge in [0.05, 0.1) is 6.04 Å². The third-order valence-electron chi connectivity index (χ3n) is 3.05. The van der Waals surface area contributed by atoms with Gasteiger partial charge in [-0.25, -0.2) is 0 Å². The van der Waals surface area contributed by atoms with Crippen LogP contribution in [-0.2, 0) is 4.79 Å². The van der Waals surface area contributed by atoms with E-state index in [9.17, 15) is 4.79 Å². The number of likely N-dealkylation sites (N-methyl/N-ethyl adjacent to an activating group) is 1. The summed E-state index contributed by atoms with van der Waals surface area (Å²) in [7, 11) is 1.94. The summed E-state index contributed by atoms with van der Waals surface area (Å²) in [5, 5.41) is 3.29. The molecular weight excluding hydrogens is 164 g/mol. The van der Waals surface area contributed by atoms with Gasteiger partial charge in [-0.1, -0.05) is 6.42 Å². The highest BCUT2D eigenvalue weighted by atomic mass is 16.2. The molecule has 3 nitrogen and oxygen atoms in total. The van der Waals surface area contributed by atoms with Gasteiger partial charge in [0.15, 0.2) is 0 Å². The lowest BCUT2D eigenvalue weighted by atomic mass is 10.0. The van der Waals surface area contributed by atoms with Crippen LogP contribution in [-0.4, -0.2) is 36.5 Å². The van der Waals surface area contributed by atoms with Crippen LogP contribution in [0, 0.1) is 0 Å². The van der Waals surface area contributed by atoms with Gasteiger partial charge in [0, 0.05) is 13.1 Å². The number of nitrogens with zero attached hydrogens (tertiary/aromatic N) is 1. The maximum Gasteiger partial charge on any atom is 0.239 e. The first-order valence-corrected chi connectivity index (χ1v) is 5.29. The van der Waals surface area contributed by atoms with E-state index in [2.05, 4.69) is 5.32 Å². The van der Waals surface area contributed by atoms with Crippen LogP contribution in [0.5, 0.6) is 0 Å². The molecule has 2 rings (SSSR count). The highest BCUT2D eigenvalue weighted by Gasteiger charge is 2.33. The van der Waals surface area contributed by atoms with Gasteiger partial charge in [-0.3, -0.25) is 4.79 Å². The molecule has 74 valence electrons. The maximum atomic E-state index is 11.8. The van der Waals surface area contributed by atoms with Crippen molar-refractivity contribution in [3.8, 4) is 0 Å². The molecule has 1 saturated heterocycles. The van der Waals surface area contributed by atoms with Crippen LogP contribution in [0.3, 0.4) is 0 Å². The Balaban J connectivity index is 1.86. The number of piperidine rings is 1. The summed E-state index contributed by atoms with van der Waals surface area (Å²) in [4.78, 5) is 13.8. The zero-order valence-corrected chi connectivity index (χ0v) is 8.25. The molecule has 1 saturated carbocycles. The van der Waals surface area contributed by atoms with Gasteiger partial charge < -0.3 is 10.2 Å². The molecule has 1 atom stereocenters. The van der Waals surface area contributed by atoms with Crippen LogP contribution in [0.25, 0.3) is 0 Å². The molecule has 1 heterocycles. The SMILES string of the molecule is CN(C(=O)[C@@H]1CCCCN1)C1CC1. The van der Waals surface area contributed by atoms with E-state index in [0.29, 0.717) is 11.9 Å². The lowest BCUT2D eigenvalue weighted by Crippen LogP contribution is -2.47. The first-order chi connectivity index (χ1) is 6.29. The zero-order chi connectivity index (χ0) is 9.26. The third kappa shape index (κ3) is 2.02. The van der Waals surface area contributed by atoms with Crippen molar-refractivity contribution < 1.29 is 4.79 Å². The van der Waals surface area contributed by atoms with Gasteiger partial charge in [0.2, 0.25) is 5.91 Å². The summed E-state index contributed by atoms with van der Waals surface area (Å²) in [6.45, 7) is 1.01. The largest absolute Gasteiger partial charge is 0.341 e.